The van der Waals surface area contributed by atoms with Gasteiger partial charge in [-0.15, -0.1) is 0 Å². The Bertz CT molecular complexity index is 836. The van der Waals surface area contributed by atoms with E-state index in [4.69, 9.17) is 14.2 Å². The van der Waals surface area contributed by atoms with Crippen LogP contribution >= 0.6 is 0 Å². The average molecular weight is 359 g/mol. The molecular formula is C19H25N3O4. The first kappa shape index (κ1) is 18.1. The van der Waals surface area contributed by atoms with E-state index in [2.05, 4.69) is 10.4 Å². The maximum absolute atomic E-state index is 12.4. The summed E-state index contributed by atoms with van der Waals surface area (Å²) in [5, 5.41) is 7.48. The van der Waals surface area contributed by atoms with E-state index < -0.39 is 0 Å². The number of rotatable bonds is 4. The first-order valence-corrected chi connectivity index (χ1v) is 8.48. The number of hydrogen-bond acceptors (Lipinski definition) is 5. The van der Waals surface area contributed by atoms with Crippen molar-refractivity contribution in [3.8, 4) is 17.2 Å². The van der Waals surface area contributed by atoms with Crippen LogP contribution in [0.5, 0.6) is 17.2 Å². The van der Waals surface area contributed by atoms with E-state index in [1.165, 1.54) is 0 Å². The number of benzene rings is 1. The van der Waals surface area contributed by atoms with E-state index in [1.54, 1.807) is 27.4 Å². The van der Waals surface area contributed by atoms with Crippen LogP contribution in [0.3, 0.4) is 0 Å². The topological polar surface area (TPSA) is 74.6 Å². The largest absolute Gasteiger partial charge is 0.496 e. The summed E-state index contributed by atoms with van der Waals surface area (Å²) in [6.45, 7) is 6.15. The highest BCUT2D eigenvalue weighted by Crippen LogP contribution is 2.45. The molecule has 1 aromatic carbocycles. The van der Waals surface area contributed by atoms with Gasteiger partial charge in [-0.2, -0.15) is 5.10 Å². The molecular weight excluding hydrogens is 334 g/mol. The van der Waals surface area contributed by atoms with E-state index in [0.717, 1.165) is 16.9 Å². The van der Waals surface area contributed by atoms with Crippen LogP contribution in [-0.4, -0.2) is 37.0 Å². The molecule has 7 nitrogen and oxygen atoms in total. The molecule has 1 aromatic heterocycles. The Hall–Kier alpha value is -2.70. The molecule has 2 aromatic rings. The fourth-order valence-corrected chi connectivity index (χ4v) is 3.33. The number of methoxy groups -OCH3 is 3. The molecule has 0 radical (unpaired) electrons. The number of amides is 1. The smallest absolute Gasteiger partial charge is 0.226 e. The molecule has 26 heavy (non-hydrogen) atoms. The Kier molecular flexibility index (Phi) is 4.56. The second-order valence-corrected chi connectivity index (χ2v) is 7.29. The van der Waals surface area contributed by atoms with Crippen molar-refractivity contribution < 1.29 is 19.0 Å². The number of carbonyl (C=O) groups excluding carboxylic acids is 1. The fourth-order valence-electron chi connectivity index (χ4n) is 3.33. The van der Waals surface area contributed by atoms with Gasteiger partial charge in [-0.1, -0.05) is 0 Å². The minimum atomic E-state index is -0.246. The molecule has 2 heterocycles. The lowest BCUT2D eigenvalue weighted by atomic mass is 9.86. The molecule has 7 heteroatoms. The molecule has 1 aliphatic heterocycles. The highest BCUT2D eigenvalue weighted by Gasteiger charge is 2.34. The normalized spacial score (nSPS) is 16.7. The van der Waals surface area contributed by atoms with E-state index >= 15 is 0 Å². The van der Waals surface area contributed by atoms with Gasteiger partial charge in [0.25, 0.3) is 0 Å². The Labute approximate surface area is 153 Å². The fraction of sp³-hybridized carbons (Fsp3) is 0.474. The second kappa shape index (κ2) is 6.55. The zero-order valence-electron chi connectivity index (χ0n) is 16.0. The molecule has 3 rings (SSSR count). The summed E-state index contributed by atoms with van der Waals surface area (Å²) in [6.07, 6.45) is 2.13. The Morgan fingerprint density at radius 3 is 2.23 bits per heavy atom. The monoisotopic (exact) mass is 359 g/mol. The van der Waals surface area contributed by atoms with Crippen LogP contribution < -0.4 is 19.5 Å². The lowest BCUT2D eigenvalue weighted by Crippen LogP contribution is -2.30. The predicted octanol–water partition coefficient (Wildman–Crippen LogP) is 3.14. The van der Waals surface area contributed by atoms with Crippen molar-refractivity contribution in [3.63, 3.8) is 0 Å². The van der Waals surface area contributed by atoms with Crippen LogP contribution in [0.1, 0.15) is 44.2 Å². The molecule has 140 valence electrons. The van der Waals surface area contributed by atoms with Crippen LogP contribution in [0, 0.1) is 0 Å². The minimum absolute atomic E-state index is 0.0506. The van der Waals surface area contributed by atoms with Gasteiger partial charge >= 0.3 is 0 Å². The van der Waals surface area contributed by atoms with Crippen LogP contribution in [0.2, 0.25) is 0 Å². The van der Waals surface area contributed by atoms with Gasteiger partial charge in [0.2, 0.25) is 5.91 Å². The third-order valence-corrected chi connectivity index (χ3v) is 4.57. The second-order valence-electron chi connectivity index (χ2n) is 7.29. The molecule has 1 N–H and O–H groups in total. The Balaban J connectivity index is 2.17. The highest BCUT2D eigenvalue weighted by molar-refractivity contribution is 5.94. The molecule has 1 atom stereocenters. The van der Waals surface area contributed by atoms with Crippen LogP contribution in [-0.2, 0) is 10.3 Å². The van der Waals surface area contributed by atoms with Gasteiger partial charge in [-0.3, -0.25) is 4.79 Å². The van der Waals surface area contributed by atoms with Gasteiger partial charge in [0.1, 0.15) is 11.6 Å². The number of ether oxygens (including phenoxy) is 3. The molecule has 1 amide bonds. The third-order valence-electron chi connectivity index (χ3n) is 4.57. The Morgan fingerprint density at radius 2 is 1.65 bits per heavy atom. The van der Waals surface area contributed by atoms with Gasteiger partial charge in [-0.25, -0.2) is 4.68 Å². The maximum Gasteiger partial charge on any atom is 0.226 e. The zero-order valence-corrected chi connectivity index (χ0v) is 16.0. The minimum Gasteiger partial charge on any atom is -0.496 e. The quantitative estimate of drug-likeness (QED) is 0.908. The average Bonchev–Trinajstić information content (AvgIpc) is 3.03. The summed E-state index contributed by atoms with van der Waals surface area (Å²) in [6, 6.07) is 3.66. The third kappa shape index (κ3) is 2.98. The predicted molar refractivity (Wildman–Crippen MR) is 98.4 cm³/mol. The van der Waals surface area contributed by atoms with Crippen molar-refractivity contribution in [2.75, 3.05) is 26.6 Å². The summed E-state index contributed by atoms with van der Waals surface area (Å²) in [7, 11) is 4.77. The van der Waals surface area contributed by atoms with Crippen LogP contribution in [0.25, 0.3) is 0 Å². The molecule has 0 saturated heterocycles. The summed E-state index contributed by atoms with van der Waals surface area (Å²) < 4.78 is 18.2. The summed E-state index contributed by atoms with van der Waals surface area (Å²) in [5.41, 5.74) is 1.59. The SMILES string of the molecule is COc1cc(OC)c(C2CC(=O)Nc3c2cnn3C(C)(C)C)cc1OC. The number of nitrogens with zero attached hydrogens (tertiary/aromatic N) is 2. The van der Waals surface area contributed by atoms with Crippen molar-refractivity contribution >= 4 is 11.7 Å². The number of nitrogens with one attached hydrogen (secondary N) is 1. The lowest BCUT2D eigenvalue weighted by molar-refractivity contribution is -0.116. The van der Waals surface area contributed by atoms with Gasteiger partial charge in [0.15, 0.2) is 11.5 Å². The number of carbonyl (C=O) groups is 1. The van der Waals surface area contributed by atoms with Gasteiger partial charge in [0.05, 0.1) is 33.1 Å². The summed E-state index contributed by atoms with van der Waals surface area (Å²) >= 11 is 0. The molecule has 0 bridgehead atoms. The highest BCUT2D eigenvalue weighted by atomic mass is 16.5. The zero-order chi connectivity index (χ0) is 19.1. The van der Waals surface area contributed by atoms with Crippen LogP contribution in [0.4, 0.5) is 5.82 Å². The molecule has 1 unspecified atom stereocenters. The molecule has 0 spiro atoms. The number of anilines is 1. The first-order chi connectivity index (χ1) is 12.3. The van der Waals surface area contributed by atoms with E-state index in [9.17, 15) is 4.79 Å². The van der Waals surface area contributed by atoms with Crippen LogP contribution in [0.15, 0.2) is 18.3 Å². The summed E-state index contributed by atoms with van der Waals surface area (Å²) in [5.74, 6) is 2.33. The molecule has 0 aliphatic carbocycles. The maximum atomic E-state index is 12.4. The van der Waals surface area contributed by atoms with E-state index in [0.29, 0.717) is 23.7 Å². The molecule has 1 aliphatic rings. The number of hydrogen-bond donors (Lipinski definition) is 1. The van der Waals surface area contributed by atoms with Gasteiger partial charge < -0.3 is 19.5 Å². The number of fused-ring (bicyclic) bond motifs is 1. The van der Waals surface area contributed by atoms with E-state index in [-0.39, 0.29) is 17.4 Å². The van der Waals surface area contributed by atoms with Crippen molar-refractivity contribution in [3.05, 3.63) is 29.5 Å². The van der Waals surface area contributed by atoms with E-state index in [1.807, 2.05) is 37.7 Å². The van der Waals surface area contributed by atoms with Crippen molar-refractivity contribution in [2.24, 2.45) is 0 Å². The number of aromatic nitrogens is 2. The van der Waals surface area contributed by atoms with Crippen molar-refractivity contribution in [1.82, 2.24) is 9.78 Å². The first-order valence-electron chi connectivity index (χ1n) is 8.48. The molecule has 0 fully saturated rings. The Morgan fingerprint density at radius 1 is 1.04 bits per heavy atom. The molecule has 0 saturated carbocycles. The lowest BCUT2D eigenvalue weighted by Gasteiger charge is -2.29. The summed E-state index contributed by atoms with van der Waals surface area (Å²) in [4.78, 5) is 12.4. The van der Waals surface area contributed by atoms with Gasteiger partial charge in [0, 0.05) is 29.5 Å². The standard InChI is InChI=1S/C19H25N3O4/c1-19(2,3)22-18-13(10-20-22)11(8-17(23)21-18)12-7-15(25-5)16(26-6)9-14(12)24-4/h7,9-11H,8H2,1-6H3,(H,21,23). The van der Waals surface area contributed by atoms with Crippen molar-refractivity contribution in [2.45, 2.75) is 38.6 Å². The van der Waals surface area contributed by atoms with Crippen molar-refractivity contribution in [1.29, 1.82) is 0 Å². The van der Waals surface area contributed by atoms with Gasteiger partial charge in [-0.05, 0) is 26.8 Å².